The highest BCUT2D eigenvalue weighted by atomic mass is 16.5. The van der Waals surface area contributed by atoms with Gasteiger partial charge in [-0.15, -0.1) is 0 Å². The summed E-state index contributed by atoms with van der Waals surface area (Å²) in [7, 11) is 1.54. The maximum absolute atomic E-state index is 11.2. The van der Waals surface area contributed by atoms with Crippen molar-refractivity contribution in [2.75, 3.05) is 13.7 Å². The molecule has 20 heavy (non-hydrogen) atoms. The second kappa shape index (κ2) is 5.92. The van der Waals surface area contributed by atoms with Crippen molar-refractivity contribution < 1.29 is 24.5 Å². The fraction of sp³-hybridized carbons (Fsp3) is 0.429. The minimum absolute atomic E-state index is 0.188. The molecule has 1 aromatic carbocycles. The topological polar surface area (TPSA) is 95.9 Å². The van der Waals surface area contributed by atoms with E-state index in [1.807, 2.05) is 18.2 Å². The van der Waals surface area contributed by atoms with E-state index in [4.69, 9.17) is 9.84 Å². The Hall–Kier alpha value is -2.08. The van der Waals surface area contributed by atoms with E-state index in [1.54, 1.807) is 13.2 Å². The number of methoxy groups -OCH3 is 1. The molecule has 2 rings (SSSR count). The molecule has 0 radical (unpaired) electrons. The number of benzene rings is 1. The van der Waals surface area contributed by atoms with Crippen molar-refractivity contribution >= 4 is 11.9 Å². The molecule has 0 saturated carbocycles. The number of nitrogens with one attached hydrogen (secondary N) is 1. The van der Waals surface area contributed by atoms with Crippen LogP contribution < -0.4 is 10.1 Å². The third-order valence-corrected chi connectivity index (χ3v) is 3.72. The van der Waals surface area contributed by atoms with Crippen molar-refractivity contribution in [3.63, 3.8) is 0 Å². The quantitative estimate of drug-likeness (QED) is 0.742. The first-order valence-corrected chi connectivity index (χ1v) is 6.35. The Balaban J connectivity index is 2.34. The Kier molecular flexibility index (Phi) is 4.24. The molecule has 0 bridgehead atoms. The monoisotopic (exact) mass is 279 g/mol. The first-order chi connectivity index (χ1) is 9.54. The Morgan fingerprint density at radius 1 is 1.35 bits per heavy atom. The zero-order valence-corrected chi connectivity index (χ0v) is 11.1. The van der Waals surface area contributed by atoms with Crippen molar-refractivity contribution in [1.82, 2.24) is 5.32 Å². The van der Waals surface area contributed by atoms with E-state index in [2.05, 4.69) is 5.32 Å². The van der Waals surface area contributed by atoms with E-state index in [9.17, 15) is 14.7 Å². The number of para-hydroxylation sites is 1. The summed E-state index contributed by atoms with van der Waals surface area (Å²) < 4.78 is 5.28. The Labute approximate surface area is 116 Å². The fourth-order valence-electron chi connectivity index (χ4n) is 2.83. The van der Waals surface area contributed by atoms with Crippen LogP contribution in [0.3, 0.4) is 0 Å². The first-order valence-electron chi connectivity index (χ1n) is 6.35. The smallest absolute Gasteiger partial charge is 0.321 e. The van der Waals surface area contributed by atoms with Crippen LogP contribution in [0.25, 0.3) is 0 Å². The predicted molar refractivity (Wildman–Crippen MR) is 70.9 cm³/mol. The summed E-state index contributed by atoms with van der Waals surface area (Å²) in [6.45, 7) is 0.426. The summed E-state index contributed by atoms with van der Waals surface area (Å²) in [4.78, 5) is 22.2. The summed E-state index contributed by atoms with van der Waals surface area (Å²) in [6, 6.07) is 6.46. The van der Waals surface area contributed by atoms with Crippen molar-refractivity contribution in [3.8, 4) is 5.75 Å². The SMILES string of the molecule is COc1ccccc1[C@@H]1CN[C@H](C(=O)O)[C@H]1CC(=O)O. The number of hydrogen-bond donors (Lipinski definition) is 3. The molecule has 3 N–H and O–H groups in total. The van der Waals surface area contributed by atoms with Gasteiger partial charge in [0.2, 0.25) is 0 Å². The van der Waals surface area contributed by atoms with E-state index < -0.39 is 23.9 Å². The maximum Gasteiger partial charge on any atom is 0.321 e. The Morgan fingerprint density at radius 2 is 2.05 bits per heavy atom. The normalized spacial score (nSPS) is 25.4. The number of aliphatic carboxylic acids is 2. The molecular formula is C14H17NO5. The van der Waals surface area contributed by atoms with Crippen LogP contribution in [0.15, 0.2) is 24.3 Å². The maximum atomic E-state index is 11.2. The summed E-state index contributed by atoms with van der Waals surface area (Å²) in [5.74, 6) is -2.05. The average Bonchev–Trinajstić information content (AvgIpc) is 2.81. The van der Waals surface area contributed by atoms with Crippen molar-refractivity contribution in [1.29, 1.82) is 0 Å². The Bertz CT molecular complexity index is 516. The molecule has 3 atom stereocenters. The van der Waals surface area contributed by atoms with E-state index >= 15 is 0 Å². The van der Waals surface area contributed by atoms with Gasteiger partial charge in [-0.1, -0.05) is 18.2 Å². The zero-order chi connectivity index (χ0) is 14.7. The Morgan fingerprint density at radius 3 is 2.65 bits per heavy atom. The average molecular weight is 279 g/mol. The van der Waals surface area contributed by atoms with Gasteiger partial charge in [-0.2, -0.15) is 0 Å². The summed E-state index contributed by atoms with van der Waals surface area (Å²) in [5.41, 5.74) is 0.845. The molecule has 1 heterocycles. The molecule has 0 aliphatic carbocycles. The molecular weight excluding hydrogens is 262 g/mol. The van der Waals surface area contributed by atoms with Crippen LogP contribution in [0.1, 0.15) is 17.9 Å². The number of carboxylic acids is 2. The standard InChI is InChI=1S/C14H17NO5/c1-20-11-5-3-2-4-8(11)10-7-15-13(14(18)19)9(10)6-12(16)17/h2-5,9-10,13,15H,6-7H2,1H3,(H,16,17)(H,18,19)/t9-,10-,13-/m0/s1. The van der Waals surface area contributed by atoms with E-state index in [0.717, 1.165) is 5.56 Å². The third-order valence-electron chi connectivity index (χ3n) is 3.72. The van der Waals surface area contributed by atoms with Crippen molar-refractivity contribution in [2.45, 2.75) is 18.4 Å². The lowest BCUT2D eigenvalue weighted by Gasteiger charge is -2.22. The van der Waals surface area contributed by atoms with Crippen LogP contribution in [0, 0.1) is 5.92 Å². The lowest BCUT2D eigenvalue weighted by atomic mass is 9.82. The second-order valence-corrected chi connectivity index (χ2v) is 4.83. The summed E-state index contributed by atoms with van der Waals surface area (Å²) in [6.07, 6.45) is -0.188. The van der Waals surface area contributed by atoms with Crippen LogP contribution in [-0.2, 0) is 9.59 Å². The highest BCUT2D eigenvalue weighted by molar-refractivity contribution is 5.77. The van der Waals surface area contributed by atoms with Gasteiger partial charge < -0.3 is 20.3 Å². The summed E-state index contributed by atoms with van der Waals surface area (Å²) in [5, 5.41) is 21.1. The van der Waals surface area contributed by atoms with Gasteiger partial charge in [-0.3, -0.25) is 9.59 Å². The van der Waals surface area contributed by atoms with Crippen LogP contribution in [0.5, 0.6) is 5.75 Å². The lowest BCUT2D eigenvalue weighted by Crippen LogP contribution is -2.36. The molecule has 0 aromatic heterocycles. The van der Waals surface area contributed by atoms with Gasteiger partial charge in [0.15, 0.2) is 0 Å². The number of carboxylic acid groups (broad SMARTS) is 2. The highest BCUT2D eigenvalue weighted by Gasteiger charge is 2.42. The van der Waals surface area contributed by atoms with E-state index in [0.29, 0.717) is 12.3 Å². The molecule has 1 fully saturated rings. The third kappa shape index (κ3) is 2.75. The van der Waals surface area contributed by atoms with Crippen LogP contribution in [0.2, 0.25) is 0 Å². The van der Waals surface area contributed by atoms with Crippen molar-refractivity contribution in [2.24, 2.45) is 5.92 Å². The van der Waals surface area contributed by atoms with Crippen LogP contribution in [0.4, 0.5) is 0 Å². The molecule has 1 aliphatic heterocycles. The molecule has 1 aromatic rings. The van der Waals surface area contributed by atoms with Gasteiger partial charge in [-0.25, -0.2) is 0 Å². The van der Waals surface area contributed by atoms with Gasteiger partial charge in [0.05, 0.1) is 13.5 Å². The molecule has 1 saturated heterocycles. The first kappa shape index (κ1) is 14.3. The molecule has 6 nitrogen and oxygen atoms in total. The minimum atomic E-state index is -1.02. The minimum Gasteiger partial charge on any atom is -0.496 e. The lowest BCUT2D eigenvalue weighted by molar-refractivity contribution is -0.142. The molecule has 6 heteroatoms. The predicted octanol–water partition coefficient (Wildman–Crippen LogP) is 0.926. The largest absolute Gasteiger partial charge is 0.496 e. The van der Waals surface area contributed by atoms with Gasteiger partial charge in [0, 0.05) is 18.4 Å². The molecule has 1 aliphatic rings. The van der Waals surface area contributed by atoms with Gasteiger partial charge in [-0.05, 0) is 11.6 Å². The number of hydrogen-bond acceptors (Lipinski definition) is 4. The van der Waals surface area contributed by atoms with Gasteiger partial charge in [0.1, 0.15) is 11.8 Å². The van der Waals surface area contributed by atoms with Crippen LogP contribution in [-0.4, -0.2) is 41.8 Å². The van der Waals surface area contributed by atoms with Crippen molar-refractivity contribution in [3.05, 3.63) is 29.8 Å². The molecule has 0 amide bonds. The number of ether oxygens (including phenoxy) is 1. The van der Waals surface area contributed by atoms with E-state index in [-0.39, 0.29) is 12.3 Å². The number of carbonyl (C=O) groups is 2. The van der Waals surface area contributed by atoms with Crippen LogP contribution >= 0.6 is 0 Å². The van der Waals surface area contributed by atoms with Gasteiger partial charge in [0.25, 0.3) is 0 Å². The molecule has 0 unspecified atom stereocenters. The molecule has 0 spiro atoms. The summed E-state index contributed by atoms with van der Waals surface area (Å²) >= 11 is 0. The highest BCUT2D eigenvalue weighted by Crippen LogP contribution is 2.38. The second-order valence-electron chi connectivity index (χ2n) is 4.83. The van der Waals surface area contributed by atoms with Gasteiger partial charge >= 0.3 is 11.9 Å². The number of rotatable bonds is 5. The molecule has 108 valence electrons. The fourth-order valence-corrected chi connectivity index (χ4v) is 2.83. The van der Waals surface area contributed by atoms with E-state index in [1.165, 1.54) is 0 Å². The zero-order valence-electron chi connectivity index (χ0n) is 11.1.